The molecule has 0 radical (unpaired) electrons. The summed E-state index contributed by atoms with van der Waals surface area (Å²) in [6.07, 6.45) is 4.53. The quantitative estimate of drug-likeness (QED) is 0.641. The lowest BCUT2D eigenvalue weighted by Gasteiger charge is -2.53. The second kappa shape index (κ2) is 4.00. The Morgan fingerprint density at radius 2 is 1.67 bits per heavy atom. The van der Waals surface area contributed by atoms with E-state index in [0.717, 1.165) is 24.7 Å². The monoisotopic (exact) mass is 217 g/mol. The van der Waals surface area contributed by atoms with Crippen LogP contribution in [0.3, 0.4) is 0 Å². The topological polar surface area (TPSA) is 3.24 Å². The van der Waals surface area contributed by atoms with Gasteiger partial charge in [-0.25, -0.2) is 4.90 Å². The third-order valence-electron chi connectivity index (χ3n) is 4.47. The van der Waals surface area contributed by atoms with Crippen LogP contribution >= 0.6 is 0 Å². The van der Waals surface area contributed by atoms with Gasteiger partial charge in [-0.05, 0) is 42.9 Å². The highest BCUT2D eigenvalue weighted by molar-refractivity contribution is 4.97. The largest absolute Gasteiger partial charge is 0.294 e. The van der Waals surface area contributed by atoms with E-state index in [1.807, 2.05) is 0 Å². The van der Waals surface area contributed by atoms with E-state index in [0.29, 0.717) is 18.5 Å². The van der Waals surface area contributed by atoms with Crippen molar-refractivity contribution in [2.45, 2.75) is 46.1 Å². The van der Waals surface area contributed by atoms with Crippen LogP contribution < -0.4 is 0 Å². The molecule has 1 spiro atoms. The summed E-state index contributed by atoms with van der Waals surface area (Å²) in [4.78, 5) is 1.31. The van der Waals surface area contributed by atoms with Crippen molar-refractivity contribution < 1.29 is 8.78 Å². The zero-order chi connectivity index (χ0) is 11.1. The minimum Gasteiger partial charge on any atom is -0.247 e. The lowest BCUT2D eigenvalue weighted by molar-refractivity contribution is -0.0937. The summed E-state index contributed by atoms with van der Waals surface area (Å²) in [5.74, 6) is 1.62. The van der Waals surface area contributed by atoms with Crippen LogP contribution in [0.4, 0.5) is 8.78 Å². The van der Waals surface area contributed by atoms with Gasteiger partial charge in [0.1, 0.15) is 0 Å². The van der Waals surface area contributed by atoms with Crippen molar-refractivity contribution in [1.29, 1.82) is 0 Å². The molecular weight excluding hydrogens is 196 g/mol. The Morgan fingerprint density at radius 3 is 2.07 bits per heavy atom. The maximum absolute atomic E-state index is 12.4. The predicted octanol–water partition coefficient (Wildman–Crippen LogP) is 3.36. The maximum atomic E-state index is 12.4. The van der Waals surface area contributed by atoms with Gasteiger partial charge in [-0.2, -0.15) is 8.78 Å². The molecule has 0 amide bonds. The number of nitrogens with zero attached hydrogens (tertiary/aromatic N) is 1. The van der Waals surface area contributed by atoms with Crippen LogP contribution in [-0.2, 0) is 0 Å². The Hall–Kier alpha value is -0.180. The molecule has 1 saturated carbocycles. The van der Waals surface area contributed by atoms with Gasteiger partial charge in [0.15, 0.2) is 0 Å². The summed E-state index contributed by atoms with van der Waals surface area (Å²) in [7, 11) is 0. The third-order valence-corrected chi connectivity index (χ3v) is 4.47. The molecule has 2 fully saturated rings. The molecule has 2 aliphatic rings. The van der Waals surface area contributed by atoms with Gasteiger partial charge in [-0.1, -0.05) is 13.8 Å². The minimum absolute atomic E-state index is 0.445. The van der Waals surface area contributed by atoms with E-state index >= 15 is 0 Å². The number of hydrogen-bond acceptors (Lipinski definition) is 1. The molecule has 1 aliphatic carbocycles. The number of hydrogen-bond donors (Lipinski definition) is 0. The van der Waals surface area contributed by atoms with Crippen LogP contribution in [0.2, 0.25) is 0 Å². The Bertz CT molecular complexity index is 212. The first-order valence-corrected chi connectivity index (χ1v) is 6.05. The van der Waals surface area contributed by atoms with Crippen LogP contribution in [0.5, 0.6) is 0 Å². The minimum atomic E-state index is -2.25. The first-order valence-electron chi connectivity index (χ1n) is 6.05. The first kappa shape index (κ1) is 11.3. The highest BCUT2D eigenvalue weighted by Crippen LogP contribution is 2.54. The summed E-state index contributed by atoms with van der Waals surface area (Å²) in [5.41, 5.74) is 0.445. The fraction of sp³-hybridized carbons (Fsp3) is 1.00. The number of alkyl halides is 2. The van der Waals surface area contributed by atoms with E-state index in [9.17, 15) is 8.78 Å². The molecule has 1 saturated heterocycles. The molecule has 0 aromatic rings. The van der Waals surface area contributed by atoms with Crippen molar-refractivity contribution in [3.63, 3.8) is 0 Å². The summed E-state index contributed by atoms with van der Waals surface area (Å²) in [5, 5.41) is 0. The molecule has 0 aromatic heterocycles. The first-order chi connectivity index (χ1) is 7.02. The number of piperidine rings is 1. The van der Waals surface area contributed by atoms with Crippen LogP contribution in [0.15, 0.2) is 0 Å². The SMILES string of the molecule is CC(C)C1CC2(CCN(C(F)F)CC2)C1. The molecule has 1 nitrogen and oxygen atoms in total. The van der Waals surface area contributed by atoms with Gasteiger partial charge in [0.25, 0.3) is 6.55 Å². The summed E-state index contributed by atoms with van der Waals surface area (Å²) < 4.78 is 24.9. The van der Waals surface area contributed by atoms with Gasteiger partial charge in [0, 0.05) is 13.1 Å². The Balaban J connectivity index is 1.80. The average molecular weight is 217 g/mol. The van der Waals surface area contributed by atoms with Crippen molar-refractivity contribution in [2.24, 2.45) is 17.3 Å². The van der Waals surface area contributed by atoms with Crippen molar-refractivity contribution in [1.82, 2.24) is 4.90 Å². The van der Waals surface area contributed by atoms with E-state index in [2.05, 4.69) is 13.8 Å². The predicted molar refractivity (Wildman–Crippen MR) is 56.8 cm³/mol. The standard InChI is InChI=1S/C12H21F2N/c1-9(2)10-7-12(8-10)3-5-15(6-4-12)11(13)14/h9-11H,3-8H2,1-2H3. The molecule has 0 atom stereocenters. The fourth-order valence-corrected chi connectivity index (χ4v) is 3.13. The molecule has 0 N–H and O–H groups in total. The third kappa shape index (κ3) is 2.17. The van der Waals surface area contributed by atoms with Crippen LogP contribution in [0.25, 0.3) is 0 Å². The molecule has 1 heterocycles. The van der Waals surface area contributed by atoms with Crippen molar-refractivity contribution >= 4 is 0 Å². The molecule has 88 valence electrons. The molecule has 2 rings (SSSR count). The van der Waals surface area contributed by atoms with Gasteiger partial charge in [-0.15, -0.1) is 0 Å². The summed E-state index contributed by atoms with van der Waals surface area (Å²) >= 11 is 0. The van der Waals surface area contributed by atoms with E-state index < -0.39 is 6.55 Å². The molecule has 3 heteroatoms. The smallest absolute Gasteiger partial charge is 0.247 e. The van der Waals surface area contributed by atoms with Gasteiger partial charge in [-0.3, -0.25) is 0 Å². The Morgan fingerprint density at radius 1 is 1.13 bits per heavy atom. The Kier molecular flexibility index (Phi) is 3.02. The lowest BCUT2D eigenvalue weighted by Crippen LogP contribution is -2.49. The van der Waals surface area contributed by atoms with E-state index in [1.54, 1.807) is 0 Å². The zero-order valence-electron chi connectivity index (χ0n) is 9.68. The maximum Gasteiger partial charge on any atom is 0.294 e. The van der Waals surface area contributed by atoms with E-state index in [1.165, 1.54) is 17.7 Å². The van der Waals surface area contributed by atoms with Crippen molar-refractivity contribution in [2.75, 3.05) is 13.1 Å². The normalized spacial score (nSPS) is 27.6. The van der Waals surface area contributed by atoms with Crippen LogP contribution in [0, 0.1) is 17.3 Å². The van der Waals surface area contributed by atoms with E-state index in [-0.39, 0.29) is 0 Å². The average Bonchev–Trinajstić information content (AvgIpc) is 2.13. The lowest BCUT2D eigenvalue weighted by atomic mass is 9.55. The number of halogens is 2. The molecular formula is C12H21F2N. The molecule has 0 bridgehead atoms. The van der Waals surface area contributed by atoms with Gasteiger partial charge >= 0.3 is 0 Å². The second-order valence-corrected chi connectivity index (χ2v) is 5.73. The van der Waals surface area contributed by atoms with Gasteiger partial charge < -0.3 is 0 Å². The van der Waals surface area contributed by atoms with Crippen molar-refractivity contribution in [3.8, 4) is 0 Å². The van der Waals surface area contributed by atoms with E-state index in [4.69, 9.17) is 0 Å². The molecule has 15 heavy (non-hydrogen) atoms. The number of rotatable bonds is 2. The van der Waals surface area contributed by atoms with Crippen molar-refractivity contribution in [3.05, 3.63) is 0 Å². The molecule has 0 aromatic carbocycles. The van der Waals surface area contributed by atoms with Crippen LogP contribution in [0.1, 0.15) is 39.5 Å². The summed E-state index contributed by atoms with van der Waals surface area (Å²) in [6, 6.07) is 0. The van der Waals surface area contributed by atoms with Crippen LogP contribution in [-0.4, -0.2) is 24.5 Å². The molecule has 0 unspecified atom stereocenters. The second-order valence-electron chi connectivity index (χ2n) is 5.73. The fourth-order valence-electron chi connectivity index (χ4n) is 3.13. The van der Waals surface area contributed by atoms with Gasteiger partial charge in [0.05, 0.1) is 0 Å². The van der Waals surface area contributed by atoms with Gasteiger partial charge in [0.2, 0.25) is 0 Å². The molecule has 1 aliphatic heterocycles. The zero-order valence-corrected chi connectivity index (χ0v) is 9.68. The summed E-state index contributed by atoms with van der Waals surface area (Å²) in [6.45, 7) is 3.49. The highest BCUT2D eigenvalue weighted by atomic mass is 19.3. The number of likely N-dealkylation sites (tertiary alicyclic amines) is 1. The highest BCUT2D eigenvalue weighted by Gasteiger charge is 2.47. The Labute approximate surface area is 90.8 Å².